The lowest BCUT2D eigenvalue weighted by Gasteiger charge is -2.15. The van der Waals surface area contributed by atoms with Crippen molar-refractivity contribution in [3.8, 4) is 0 Å². The average molecular weight is 246 g/mol. The van der Waals surface area contributed by atoms with E-state index in [4.69, 9.17) is 5.11 Å². The van der Waals surface area contributed by atoms with Gasteiger partial charge in [0.25, 0.3) is 5.91 Å². The highest BCUT2D eigenvalue weighted by molar-refractivity contribution is 5.95. The molecule has 1 heterocycles. The molecular weight excluding hydrogens is 232 g/mol. The van der Waals surface area contributed by atoms with Gasteiger partial charge < -0.3 is 10.0 Å². The number of carbonyl (C=O) groups is 2. The third kappa shape index (κ3) is 2.94. The highest BCUT2D eigenvalue weighted by Gasteiger charge is 2.30. The topological polar surface area (TPSA) is 70.5 Å². The molecule has 0 unspecified atom stereocenters. The van der Waals surface area contributed by atoms with Crippen LogP contribution in [0.4, 0.5) is 0 Å². The smallest absolute Gasteiger partial charge is 0.328 e. The zero-order valence-electron chi connectivity index (χ0n) is 10.0. The van der Waals surface area contributed by atoms with Gasteiger partial charge in [-0.25, -0.2) is 4.79 Å². The minimum atomic E-state index is -1.03. The Morgan fingerprint density at radius 1 is 1.44 bits per heavy atom. The van der Waals surface area contributed by atoms with E-state index in [1.165, 1.54) is 18.5 Å². The molecule has 0 atom stereocenters. The van der Waals surface area contributed by atoms with Crippen molar-refractivity contribution in [1.82, 2.24) is 9.88 Å². The van der Waals surface area contributed by atoms with Crippen molar-refractivity contribution < 1.29 is 14.7 Å². The summed E-state index contributed by atoms with van der Waals surface area (Å²) in [4.78, 5) is 28.1. The van der Waals surface area contributed by atoms with Crippen molar-refractivity contribution in [2.24, 2.45) is 0 Å². The number of hydrogen-bond donors (Lipinski definition) is 1. The molecule has 0 aromatic carbocycles. The van der Waals surface area contributed by atoms with Crippen molar-refractivity contribution in [2.75, 3.05) is 7.05 Å². The van der Waals surface area contributed by atoms with Gasteiger partial charge in [-0.15, -0.1) is 0 Å². The minimum Gasteiger partial charge on any atom is -0.478 e. The van der Waals surface area contributed by atoms with Crippen LogP contribution in [0, 0.1) is 0 Å². The van der Waals surface area contributed by atoms with Crippen molar-refractivity contribution >= 4 is 18.0 Å². The maximum absolute atomic E-state index is 12.1. The van der Waals surface area contributed by atoms with Gasteiger partial charge in [-0.3, -0.25) is 9.78 Å². The molecule has 1 saturated carbocycles. The molecule has 0 spiro atoms. The maximum Gasteiger partial charge on any atom is 0.328 e. The van der Waals surface area contributed by atoms with Crippen LogP contribution in [0.25, 0.3) is 6.08 Å². The molecule has 18 heavy (non-hydrogen) atoms. The van der Waals surface area contributed by atoms with Gasteiger partial charge in [-0.05, 0) is 30.5 Å². The Morgan fingerprint density at radius 2 is 2.17 bits per heavy atom. The number of pyridine rings is 1. The Labute approximate surface area is 105 Å². The van der Waals surface area contributed by atoms with Crippen molar-refractivity contribution in [2.45, 2.75) is 18.9 Å². The molecule has 1 aliphatic rings. The zero-order chi connectivity index (χ0) is 13.1. The summed E-state index contributed by atoms with van der Waals surface area (Å²) >= 11 is 0. The normalized spacial score (nSPS) is 14.7. The molecule has 1 aromatic rings. The minimum absolute atomic E-state index is 0.0735. The van der Waals surface area contributed by atoms with Crippen LogP contribution in [0.5, 0.6) is 0 Å². The summed E-state index contributed by atoms with van der Waals surface area (Å²) in [5, 5.41) is 8.54. The van der Waals surface area contributed by atoms with Crippen LogP contribution in [0.15, 0.2) is 24.5 Å². The van der Waals surface area contributed by atoms with Crippen LogP contribution in [0.1, 0.15) is 28.8 Å². The van der Waals surface area contributed by atoms with Gasteiger partial charge >= 0.3 is 5.97 Å². The van der Waals surface area contributed by atoms with E-state index in [2.05, 4.69) is 4.98 Å². The number of aliphatic carboxylic acids is 1. The van der Waals surface area contributed by atoms with Gasteiger partial charge in [0.1, 0.15) is 0 Å². The van der Waals surface area contributed by atoms with Crippen LogP contribution in [0.2, 0.25) is 0 Å². The van der Waals surface area contributed by atoms with E-state index in [0.717, 1.165) is 18.9 Å². The fourth-order valence-corrected chi connectivity index (χ4v) is 1.66. The second-order valence-corrected chi connectivity index (χ2v) is 4.33. The summed E-state index contributed by atoms with van der Waals surface area (Å²) in [6, 6.07) is 1.99. The number of hydrogen-bond acceptors (Lipinski definition) is 3. The van der Waals surface area contributed by atoms with E-state index in [1.54, 1.807) is 18.0 Å². The van der Waals surface area contributed by atoms with Crippen molar-refractivity contribution in [1.29, 1.82) is 0 Å². The molecule has 1 aliphatic carbocycles. The fourth-order valence-electron chi connectivity index (χ4n) is 1.66. The number of carboxylic acid groups (broad SMARTS) is 1. The summed E-state index contributed by atoms with van der Waals surface area (Å²) in [7, 11) is 1.78. The van der Waals surface area contributed by atoms with Gasteiger partial charge in [0, 0.05) is 31.6 Å². The van der Waals surface area contributed by atoms with Gasteiger partial charge in [0.15, 0.2) is 0 Å². The van der Waals surface area contributed by atoms with Crippen molar-refractivity contribution in [3.05, 3.63) is 35.7 Å². The lowest BCUT2D eigenvalue weighted by atomic mass is 10.1. The first-order valence-corrected chi connectivity index (χ1v) is 5.71. The first-order chi connectivity index (χ1) is 8.58. The average Bonchev–Trinajstić information content (AvgIpc) is 3.19. The van der Waals surface area contributed by atoms with Crippen LogP contribution >= 0.6 is 0 Å². The Bertz CT molecular complexity index is 507. The van der Waals surface area contributed by atoms with Gasteiger partial charge in [0.05, 0.1) is 5.56 Å². The molecule has 1 N–H and O–H groups in total. The first kappa shape index (κ1) is 12.3. The van der Waals surface area contributed by atoms with Gasteiger partial charge in [-0.2, -0.15) is 0 Å². The molecule has 0 bridgehead atoms. The molecule has 5 heteroatoms. The Kier molecular flexibility index (Phi) is 3.41. The molecule has 1 amide bonds. The number of carboxylic acids is 1. The Balaban J connectivity index is 2.15. The number of carbonyl (C=O) groups excluding carboxylic acids is 1. The second-order valence-electron chi connectivity index (χ2n) is 4.33. The molecule has 1 aromatic heterocycles. The number of nitrogens with zero attached hydrogens (tertiary/aromatic N) is 2. The van der Waals surface area contributed by atoms with Crippen LogP contribution in [-0.4, -0.2) is 40.0 Å². The van der Waals surface area contributed by atoms with E-state index >= 15 is 0 Å². The quantitative estimate of drug-likeness (QED) is 0.815. The molecule has 5 nitrogen and oxygen atoms in total. The third-order valence-corrected chi connectivity index (χ3v) is 2.84. The number of aromatic nitrogens is 1. The van der Waals surface area contributed by atoms with Gasteiger partial charge in [0.2, 0.25) is 0 Å². The molecule has 2 rings (SSSR count). The van der Waals surface area contributed by atoms with Crippen LogP contribution in [-0.2, 0) is 4.79 Å². The highest BCUT2D eigenvalue weighted by atomic mass is 16.4. The van der Waals surface area contributed by atoms with Crippen LogP contribution < -0.4 is 0 Å². The highest BCUT2D eigenvalue weighted by Crippen LogP contribution is 2.26. The number of rotatable bonds is 4. The predicted octanol–water partition coefficient (Wildman–Crippen LogP) is 1.41. The molecule has 0 saturated heterocycles. The SMILES string of the molecule is CN(C(=O)c1cncc(C=CC(=O)O)c1)C1CC1. The number of amides is 1. The standard InChI is InChI=1S/C13H14N2O3/c1-15(11-3-4-11)13(18)10-6-9(7-14-8-10)2-5-12(16)17/h2,5-8,11H,3-4H2,1H3,(H,16,17). The third-order valence-electron chi connectivity index (χ3n) is 2.84. The van der Waals surface area contributed by atoms with Gasteiger partial charge in [-0.1, -0.05) is 0 Å². The zero-order valence-corrected chi connectivity index (χ0v) is 10.0. The molecule has 1 fully saturated rings. The van der Waals surface area contributed by atoms with E-state index in [-0.39, 0.29) is 5.91 Å². The molecule has 0 aliphatic heterocycles. The lowest BCUT2D eigenvalue weighted by Crippen LogP contribution is -2.28. The monoisotopic (exact) mass is 246 g/mol. The summed E-state index contributed by atoms with van der Waals surface area (Å²) < 4.78 is 0. The summed E-state index contributed by atoms with van der Waals surface area (Å²) in [5.41, 5.74) is 1.09. The molecule has 0 radical (unpaired) electrons. The lowest BCUT2D eigenvalue weighted by molar-refractivity contribution is -0.131. The summed E-state index contributed by atoms with van der Waals surface area (Å²) in [6.45, 7) is 0. The summed E-state index contributed by atoms with van der Waals surface area (Å²) in [6.07, 6.45) is 7.56. The Hall–Kier alpha value is -2.17. The van der Waals surface area contributed by atoms with E-state index in [9.17, 15) is 9.59 Å². The predicted molar refractivity (Wildman–Crippen MR) is 66.0 cm³/mol. The first-order valence-electron chi connectivity index (χ1n) is 5.71. The molecule has 94 valence electrons. The van der Waals surface area contributed by atoms with E-state index < -0.39 is 5.97 Å². The maximum atomic E-state index is 12.1. The fraction of sp³-hybridized carbons (Fsp3) is 0.308. The summed E-state index contributed by atoms with van der Waals surface area (Å²) in [5.74, 6) is -1.10. The Morgan fingerprint density at radius 3 is 2.78 bits per heavy atom. The van der Waals surface area contributed by atoms with E-state index in [1.807, 2.05) is 0 Å². The molecular formula is C13H14N2O3. The second kappa shape index (κ2) is 5.00. The van der Waals surface area contributed by atoms with Crippen molar-refractivity contribution in [3.63, 3.8) is 0 Å². The van der Waals surface area contributed by atoms with Crippen LogP contribution in [0.3, 0.4) is 0 Å². The van der Waals surface area contributed by atoms with E-state index in [0.29, 0.717) is 17.2 Å². The largest absolute Gasteiger partial charge is 0.478 e.